The van der Waals surface area contributed by atoms with Crippen molar-refractivity contribution >= 4 is 23.2 Å². The lowest BCUT2D eigenvalue weighted by Crippen LogP contribution is -2.42. The van der Waals surface area contributed by atoms with Crippen molar-refractivity contribution in [2.45, 2.75) is 59.3 Å². The van der Waals surface area contributed by atoms with Gasteiger partial charge in [-0.3, -0.25) is 9.59 Å². The quantitative estimate of drug-likeness (QED) is 0.683. The summed E-state index contributed by atoms with van der Waals surface area (Å²) in [6, 6.07) is 3.64. The summed E-state index contributed by atoms with van der Waals surface area (Å²) in [4.78, 5) is 26.8. The monoisotopic (exact) mass is 443 g/mol. The number of allylic oxidation sites excluding steroid dienone is 4. The van der Waals surface area contributed by atoms with Gasteiger partial charge in [-0.25, -0.2) is 0 Å². The van der Waals surface area contributed by atoms with E-state index in [0.717, 1.165) is 29.8 Å². The summed E-state index contributed by atoms with van der Waals surface area (Å²) in [6.45, 7) is 8.44. The molecule has 0 radical (unpaired) electrons. The Kier molecular flexibility index (Phi) is 5.24. The molecular formula is C25H30ClNO4. The van der Waals surface area contributed by atoms with Crippen LogP contribution >= 0.6 is 11.6 Å². The summed E-state index contributed by atoms with van der Waals surface area (Å²) in [5.41, 5.74) is 3.76. The summed E-state index contributed by atoms with van der Waals surface area (Å²) < 4.78 is 10.9. The lowest BCUT2D eigenvalue weighted by Gasteiger charge is -2.44. The van der Waals surface area contributed by atoms with Crippen LogP contribution in [0.4, 0.5) is 0 Å². The van der Waals surface area contributed by atoms with Crippen LogP contribution in [0, 0.1) is 10.8 Å². The van der Waals surface area contributed by atoms with E-state index in [9.17, 15) is 9.59 Å². The summed E-state index contributed by atoms with van der Waals surface area (Å²) >= 11 is 6.52. The molecule has 0 amide bonds. The van der Waals surface area contributed by atoms with E-state index in [4.69, 9.17) is 21.1 Å². The van der Waals surface area contributed by atoms with Gasteiger partial charge in [0.1, 0.15) is 0 Å². The van der Waals surface area contributed by atoms with Crippen LogP contribution in [-0.2, 0) is 9.59 Å². The van der Waals surface area contributed by atoms with E-state index in [0.29, 0.717) is 40.5 Å². The molecule has 1 aromatic carbocycles. The molecule has 5 nitrogen and oxygen atoms in total. The molecule has 0 atom stereocenters. The van der Waals surface area contributed by atoms with Crippen molar-refractivity contribution < 1.29 is 19.1 Å². The molecule has 0 saturated carbocycles. The van der Waals surface area contributed by atoms with E-state index < -0.39 is 5.92 Å². The minimum Gasteiger partial charge on any atom is -0.493 e. The number of hydrogen-bond donors (Lipinski definition) is 1. The van der Waals surface area contributed by atoms with E-state index in [1.165, 1.54) is 7.11 Å². The van der Waals surface area contributed by atoms with Gasteiger partial charge < -0.3 is 14.8 Å². The topological polar surface area (TPSA) is 64.6 Å². The smallest absolute Gasteiger partial charge is 0.179 e. The Morgan fingerprint density at radius 3 is 1.84 bits per heavy atom. The molecule has 1 aliphatic heterocycles. The molecule has 6 heteroatoms. The number of dihydropyridines is 1. The zero-order chi connectivity index (χ0) is 22.7. The number of benzene rings is 1. The Morgan fingerprint density at radius 1 is 0.871 bits per heavy atom. The van der Waals surface area contributed by atoms with Crippen LogP contribution < -0.4 is 14.8 Å². The number of nitrogens with one attached hydrogen (secondary N) is 1. The van der Waals surface area contributed by atoms with Crippen LogP contribution in [-0.4, -0.2) is 25.8 Å². The number of rotatable bonds is 3. The first-order valence-corrected chi connectivity index (χ1v) is 11.0. The molecule has 2 aliphatic carbocycles. The maximum atomic E-state index is 13.4. The highest BCUT2D eigenvalue weighted by Gasteiger charge is 2.46. The molecule has 4 rings (SSSR count). The number of ketones is 2. The largest absolute Gasteiger partial charge is 0.493 e. The van der Waals surface area contributed by atoms with E-state index in [1.54, 1.807) is 13.2 Å². The van der Waals surface area contributed by atoms with Crippen molar-refractivity contribution in [3.05, 3.63) is 45.3 Å². The fourth-order valence-corrected chi connectivity index (χ4v) is 5.62. The molecule has 0 spiro atoms. The number of carbonyl (C=O) groups excluding carboxylic acids is 2. The van der Waals surface area contributed by atoms with Crippen molar-refractivity contribution in [1.29, 1.82) is 0 Å². The number of methoxy groups -OCH3 is 2. The molecule has 1 aromatic rings. The summed E-state index contributed by atoms with van der Waals surface area (Å²) in [5, 5.41) is 3.92. The first-order chi connectivity index (χ1) is 14.5. The first-order valence-electron chi connectivity index (χ1n) is 10.7. The van der Waals surface area contributed by atoms with Crippen LogP contribution in [0.3, 0.4) is 0 Å². The molecule has 166 valence electrons. The van der Waals surface area contributed by atoms with Crippen LogP contribution in [0.25, 0.3) is 0 Å². The van der Waals surface area contributed by atoms with Gasteiger partial charge in [0.2, 0.25) is 0 Å². The van der Waals surface area contributed by atoms with E-state index in [2.05, 4.69) is 33.0 Å². The van der Waals surface area contributed by atoms with Crippen molar-refractivity contribution in [2.75, 3.05) is 14.2 Å². The average Bonchev–Trinajstić information content (AvgIpc) is 2.63. The number of hydrogen-bond acceptors (Lipinski definition) is 5. The Hall–Kier alpha value is -2.27. The molecule has 31 heavy (non-hydrogen) atoms. The molecular weight excluding hydrogens is 414 g/mol. The number of halogens is 1. The first kappa shape index (κ1) is 21.9. The molecule has 0 unspecified atom stereocenters. The third kappa shape index (κ3) is 3.78. The molecule has 0 saturated heterocycles. The number of Topliss-reactive ketones (excluding diaryl/α,β-unsaturated/α-hetero) is 2. The normalized spacial score (nSPS) is 22.7. The summed E-state index contributed by atoms with van der Waals surface area (Å²) in [5.74, 6) is 0.644. The molecule has 0 fully saturated rings. The van der Waals surface area contributed by atoms with Crippen molar-refractivity contribution in [2.24, 2.45) is 10.8 Å². The third-order valence-electron chi connectivity index (χ3n) is 6.51. The Balaban J connectivity index is 1.95. The predicted molar refractivity (Wildman–Crippen MR) is 121 cm³/mol. The molecule has 1 N–H and O–H groups in total. The van der Waals surface area contributed by atoms with Gasteiger partial charge in [0.15, 0.2) is 23.1 Å². The fraction of sp³-hybridized carbons (Fsp3) is 0.520. The minimum atomic E-state index is -0.448. The van der Waals surface area contributed by atoms with Crippen molar-refractivity contribution in [3.63, 3.8) is 0 Å². The molecule has 0 aromatic heterocycles. The highest BCUT2D eigenvalue weighted by atomic mass is 35.5. The fourth-order valence-electron chi connectivity index (χ4n) is 5.33. The van der Waals surface area contributed by atoms with Gasteiger partial charge in [0.05, 0.1) is 19.2 Å². The number of carbonyl (C=O) groups is 2. The maximum absolute atomic E-state index is 13.4. The Bertz CT molecular complexity index is 996. The van der Waals surface area contributed by atoms with E-state index in [-0.39, 0.29) is 22.4 Å². The minimum absolute atomic E-state index is 0.0823. The second-order valence-corrected chi connectivity index (χ2v) is 10.9. The molecule has 3 aliphatic rings. The number of ether oxygens (including phenoxy) is 2. The Labute approximate surface area is 188 Å². The highest BCUT2D eigenvalue weighted by molar-refractivity contribution is 6.32. The van der Waals surface area contributed by atoms with Gasteiger partial charge in [0.25, 0.3) is 0 Å². The van der Waals surface area contributed by atoms with Gasteiger partial charge in [-0.2, -0.15) is 0 Å². The standard InChI is InChI=1S/C25H30ClNO4/c1-24(2)9-15-21(17(28)11-24)20(13-7-14(26)23(31-6)19(8-13)30-5)22-16(27-15)10-25(3,4)12-18(22)29/h7-8,20,27H,9-12H2,1-6H3. The third-order valence-corrected chi connectivity index (χ3v) is 6.79. The lowest BCUT2D eigenvalue weighted by atomic mass is 9.64. The predicted octanol–water partition coefficient (Wildman–Crippen LogP) is 5.33. The lowest BCUT2D eigenvalue weighted by molar-refractivity contribution is -0.119. The van der Waals surface area contributed by atoms with Crippen LogP contribution in [0.1, 0.15) is 64.9 Å². The van der Waals surface area contributed by atoms with Crippen molar-refractivity contribution in [1.82, 2.24) is 5.32 Å². The van der Waals surface area contributed by atoms with Gasteiger partial charge in [-0.15, -0.1) is 0 Å². The molecule has 1 heterocycles. The zero-order valence-corrected chi connectivity index (χ0v) is 19.8. The SMILES string of the molecule is COc1cc(C2C3=C(CC(C)(C)CC3=O)NC3=C2C(=O)CC(C)(C)C3)cc(Cl)c1OC. The summed E-state index contributed by atoms with van der Waals surface area (Å²) in [7, 11) is 3.09. The van der Waals surface area contributed by atoms with Gasteiger partial charge >= 0.3 is 0 Å². The zero-order valence-electron chi connectivity index (χ0n) is 19.1. The highest BCUT2D eigenvalue weighted by Crippen LogP contribution is 2.52. The second-order valence-electron chi connectivity index (χ2n) is 10.5. The maximum Gasteiger partial charge on any atom is 0.179 e. The van der Waals surface area contributed by atoms with Gasteiger partial charge in [-0.05, 0) is 41.4 Å². The van der Waals surface area contributed by atoms with Crippen molar-refractivity contribution in [3.8, 4) is 11.5 Å². The van der Waals surface area contributed by atoms with Crippen LogP contribution in [0.5, 0.6) is 11.5 Å². The summed E-state index contributed by atoms with van der Waals surface area (Å²) in [6.07, 6.45) is 2.43. The van der Waals surface area contributed by atoms with E-state index in [1.807, 2.05) is 6.07 Å². The van der Waals surface area contributed by atoms with Crippen LogP contribution in [0.15, 0.2) is 34.7 Å². The molecule has 0 bridgehead atoms. The Morgan fingerprint density at radius 2 is 1.39 bits per heavy atom. The van der Waals surface area contributed by atoms with E-state index >= 15 is 0 Å². The van der Waals surface area contributed by atoms with Gasteiger partial charge in [-0.1, -0.05) is 39.3 Å². The second kappa shape index (κ2) is 7.40. The van der Waals surface area contributed by atoms with Crippen LogP contribution in [0.2, 0.25) is 5.02 Å². The van der Waals surface area contributed by atoms with Gasteiger partial charge in [0, 0.05) is 41.3 Å². The average molecular weight is 444 g/mol.